The van der Waals surface area contributed by atoms with Crippen molar-refractivity contribution in [2.45, 2.75) is 33.1 Å². The first-order chi connectivity index (χ1) is 13.0. The minimum absolute atomic E-state index is 0.146. The molecule has 0 unspecified atom stereocenters. The number of amides is 1. The number of nitrogens with one attached hydrogen (secondary N) is 1. The third-order valence-electron chi connectivity index (χ3n) is 3.98. The fourth-order valence-electron chi connectivity index (χ4n) is 2.55. The number of hydrogen-bond donors (Lipinski definition) is 1. The van der Waals surface area contributed by atoms with Crippen LogP contribution in [0.1, 0.15) is 35.5 Å². The van der Waals surface area contributed by atoms with Crippen LogP contribution in [0.3, 0.4) is 0 Å². The van der Waals surface area contributed by atoms with Crippen LogP contribution >= 0.6 is 11.6 Å². The Morgan fingerprint density at radius 3 is 2.67 bits per heavy atom. The van der Waals surface area contributed by atoms with E-state index >= 15 is 0 Å². The number of ether oxygens (including phenoxy) is 1. The van der Waals surface area contributed by atoms with Crippen molar-refractivity contribution in [3.05, 3.63) is 76.4 Å². The maximum Gasteiger partial charge on any atom is 0.273 e. The summed E-state index contributed by atoms with van der Waals surface area (Å²) in [7, 11) is 0. The van der Waals surface area contributed by atoms with Crippen LogP contribution in [0.4, 0.5) is 0 Å². The Morgan fingerprint density at radius 1 is 1.15 bits per heavy atom. The van der Waals surface area contributed by atoms with E-state index in [-0.39, 0.29) is 17.7 Å². The maximum absolute atomic E-state index is 12.4. The number of benzene rings is 2. The quantitative estimate of drug-likeness (QED) is 0.632. The van der Waals surface area contributed by atoms with Gasteiger partial charge in [0.2, 0.25) is 0 Å². The lowest BCUT2D eigenvalue weighted by molar-refractivity contribution is 0.0651. The molecule has 0 radical (unpaired) electrons. The van der Waals surface area contributed by atoms with Crippen molar-refractivity contribution in [2.24, 2.45) is 0 Å². The molecule has 0 aliphatic rings. The minimum atomic E-state index is -0.299. The van der Waals surface area contributed by atoms with E-state index in [9.17, 15) is 4.79 Å². The van der Waals surface area contributed by atoms with E-state index in [1.807, 2.05) is 50.2 Å². The molecule has 0 atom stereocenters. The average molecular weight is 385 g/mol. The smallest absolute Gasteiger partial charge is 0.273 e. The number of carbonyl (C=O) groups is 1. The number of rotatable bonds is 7. The molecule has 0 aliphatic heterocycles. The summed E-state index contributed by atoms with van der Waals surface area (Å²) in [6.45, 7) is 4.88. The number of nitrogens with zero attached hydrogens (tertiary/aromatic N) is 1. The summed E-state index contributed by atoms with van der Waals surface area (Å²) in [5.74, 6) is 0.194. The van der Waals surface area contributed by atoms with Gasteiger partial charge in [-0.05, 0) is 37.1 Å². The number of hydrogen-bond acceptors (Lipinski definition) is 4. The van der Waals surface area contributed by atoms with E-state index in [0.717, 1.165) is 16.7 Å². The molecule has 0 bridgehead atoms. The average Bonchev–Trinajstić information content (AvgIpc) is 3.15. The lowest BCUT2D eigenvalue weighted by Crippen LogP contribution is -2.23. The first-order valence-electron chi connectivity index (χ1n) is 8.72. The highest BCUT2D eigenvalue weighted by Gasteiger charge is 2.14. The van der Waals surface area contributed by atoms with Crippen LogP contribution < -0.4 is 5.32 Å². The third-order valence-corrected chi connectivity index (χ3v) is 4.22. The Kier molecular flexibility index (Phi) is 6.27. The maximum atomic E-state index is 12.4. The lowest BCUT2D eigenvalue weighted by Gasteiger charge is -2.12. The molecule has 140 valence electrons. The number of halogens is 1. The second-order valence-electron chi connectivity index (χ2n) is 6.40. The van der Waals surface area contributed by atoms with Gasteiger partial charge < -0.3 is 14.6 Å². The summed E-state index contributed by atoms with van der Waals surface area (Å²) in [6.07, 6.45) is 0.146. The van der Waals surface area contributed by atoms with Gasteiger partial charge in [0.05, 0.1) is 12.7 Å². The second-order valence-corrected chi connectivity index (χ2v) is 6.83. The van der Waals surface area contributed by atoms with Gasteiger partial charge in [-0.2, -0.15) is 0 Å². The Labute approximate surface area is 163 Å². The summed E-state index contributed by atoms with van der Waals surface area (Å²) in [5, 5.41) is 7.33. The molecule has 27 heavy (non-hydrogen) atoms. The first kappa shape index (κ1) is 19.1. The molecule has 1 amide bonds. The van der Waals surface area contributed by atoms with Crippen molar-refractivity contribution < 1.29 is 14.1 Å². The van der Waals surface area contributed by atoms with E-state index in [2.05, 4.69) is 10.5 Å². The monoisotopic (exact) mass is 384 g/mol. The number of carbonyl (C=O) groups excluding carboxylic acids is 1. The van der Waals surface area contributed by atoms with Crippen molar-refractivity contribution in [3.63, 3.8) is 0 Å². The Bertz CT molecular complexity index is 921. The fraction of sp³-hybridized carbons (Fsp3) is 0.238. The molecule has 3 rings (SSSR count). The van der Waals surface area contributed by atoms with Crippen LogP contribution in [0.15, 0.2) is 59.1 Å². The van der Waals surface area contributed by atoms with Gasteiger partial charge in [0.25, 0.3) is 5.91 Å². The predicted octanol–water partition coefficient (Wildman–Crippen LogP) is 4.85. The Balaban J connectivity index is 1.65. The van der Waals surface area contributed by atoms with E-state index < -0.39 is 0 Å². The van der Waals surface area contributed by atoms with E-state index in [4.69, 9.17) is 20.9 Å². The van der Waals surface area contributed by atoms with Gasteiger partial charge in [0, 0.05) is 23.2 Å². The van der Waals surface area contributed by atoms with Crippen LogP contribution in [0, 0.1) is 0 Å². The van der Waals surface area contributed by atoms with Crippen LogP contribution in [0.2, 0.25) is 5.02 Å². The zero-order valence-electron chi connectivity index (χ0n) is 15.2. The minimum Gasteiger partial charge on any atom is -0.374 e. The third kappa shape index (κ3) is 5.18. The summed E-state index contributed by atoms with van der Waals surface area (Å²) in [4.78, 5) is 12.4. The van der Waals surface area contributed by atoms with Gasteiger partial charge in [-0.1, -0.05) is 53.2 Å². The summed E-state index contributed by atoms with van der Waals surface area (Å²) in [6, 6.07) is 16.7. The van der Waals surface area contributed by atoms with Crippen LogP contribution in [0.25, 0.3) is 11.3 Å². The normalized spacial score (nSPS) is 11.0. The highest BCUT2D eigenvalue weighted by Crippen LogP contribution is 2.23. The zero-order valence-corrected chi connectivity index (χ0v) is 16.0. The van der Waals surface area contributed by atoms with Gasteiger partial charge in [-0.3, -0.25) is 4.79 Å². The van der Waals surface area contributed by atoms with Crippen LogP contribution in [-0.4, -0.2) is 17.2 Å². The molecule has 3 aromatic rings. The summed E-state index contributed by atoms with van der Waals surface area (Å²) < 4.78 is 10.9. The molecule has 0 aliphatic carbocycles. The second kappa shape index (κ2) is 8.84. The van der Waals surface area contributed by atoms with Crippen molar-refractivity contribution >= 4 is 17.5 Å². The molecular formula is C21H21ClN2O3. The highest BCUT2D eigenvalue weighted by atomic mass is 35.5. The van der Waals surface area contributed by atoms with Gasteiger partial charge >= 0.3 is 0 Å². The van der Waals surface area contributed by atoms with E-state index in [1.54, 1.807) is 18.2 Å². The fourth-order valence-corrected chi connectivity index (χ4v) is 2.74. The molecule has 0 saturated heterocycles. The molecule has 0 saturated carbocycles. The standard InChI is InChI=1S/C21H21ClN2O3/c1-14(2)26-13-17-7-4-3-6-16(17)12-23-21(25)19-11-20(27-24-19)15-8-5-9-18(22)10-15/h3-11,14H,12-13H2,1-2H3,(H,23,25). The van der Waals surface area contributed by atoms with Gasteiger partial charge in [0.1, 0.15) is 0 Å². The Hall–Kier alpha value is -2.63. The molecular weight excluding hydrogens is 364 g/mol. The van der Waals surface area contributed by atoms with Crippen LogP contribution in [-0.2, 0) is 17.9 Å². The largest absolute Gasteiger partial charge is 0.374 e. The topological polar surface area (TPSA) is 64.4 Å². The molecule has 5 nitrogen and oxygen atoms in total. The molecule has 0 spiro atoms. The first-order valence-corrected chi connectivity index (χ1v) is 9.10. The summed E-state index contributed by atoms with van der Waals surface area (Å²) in [5.41, 5.74) is 3.04. The zero-order chi connectivity index (χ0) is 19.2. The highest BCUT2D eigenvalue weighted by molar-refractivity contribution is 6.30. The summed E-state index contributed by atoms with van der Waals surface area (Å²) >= 11 is 5.99. The molecule has 0 fully saturated rings. The molecule has 1 heterocycles. The van der Waals surface area contributed by atoms with Gasteiger partial charge in [0.15, 0.2) is 11.5 Å². The van der Waals surface area contributed by atoms with Crippen molar-refractivity contribution in [1.82, 2.24) is 10.5 Å². The van der Waals surface area contributed by atoms with E-state index in [1.165, 1.54) is 0 Å². The Morgan fingerprint density at radius 2 is 1.93 bits per heavy atom. The predicted molar refractivity (Wildman–Crippen MR) is 104 cm³/mol. The molecule has 2 aromatic carbocycles. The van der Waals surface area contributed by atoms with Crippen LogP contribution in [0.5, 0.6) is 0 Å². The number of aromatic nitrogens is 1. The van der Waals surface area contributed by atoms with Crippen molar-refractivity contribution in [1.29, 1.82) is 0 Å². The van der Waals surface area contributed by atoms with Gasteiger partial charge in [-0.25, -0.2) is 0 Å². The van der Waals surface area contributed by atoms with Gasteiger partial charge in [-0.15, -0.1) is 0 Å². The molecule has 1 aromatic heterocycles. The molecule has 1 N–H and O–H groups in total. The van der Waals surface area contributed by atoms with Crippen molar-refractivity contribution in [2.75, 3.05) is 0 Å². The van der Waals surface area contributed by atoms with E-state index in [0.29, 0.717) is 23.9 Å². The SMILES string of the molecule is CC(C)OCc1ccccc1CNC(=O)c1cc(-c2cccc(Cl)c2)on1. The molecule has 6 heteroatoms. The lowest BCUT2D eigenvalue weighted by atomic mass is 10.1. The van der Waals surface area contributed by atoms with Crippen molar-refractivity contribution in [3.8, 4) is 11.3 Å².